The Balaban J connectivity index is 3.48. The molecule has 4 heteroatoms. The van der Waals surface area contributed by atoms with Gasteiger partial charge in [-0.05, 0) is 26.2 Å². The summed E-state index contributed by atoms with van der Waals surface area (Å²) in [6.45, 7) is 10.7. The summed E-state index contributed by atoms with van der Waals surface area (Å²) < 4.78 is 16.7. The summed E-state index contributed by atoms with van der Waals surface area (Å²) in [7, 11) is -1.83. The highest BCUT2D eigenvalue weighted by Gasteiger charge is 2.14. The highest BCUT2D eigenvalue weighted by atomic mass is 28.3. The zero-order chi connectivity index (χ0) is 13.6. The summed E-state index contributed by atoms with van der Waals surface area (Å²) in [5.74, 6) is 0.750. The highest BCUT2D eigenvalue weighted by Crippen LogP contribution is 2.14. The summed E-state index contributed by atoms with van der Waals surface area (Å²) in [4.78, 5) is 0. The van der Waals surface area contributed by atoms with E-state index in [9.17, 15) is 0 Å². The molecule has 0 amide bonds. The van der Waals surface area contributed by atoms with E-state index < -0.39 is 9.53 Å². The van der Waals surface area contributed by atoms with E-state index in [1.54, 1.807) is 0 Å². The number of hydrogen-bond acceptors (Lipinski definition) is 3. The fourth-order valence-electron chi connectivity index (χ4n) is 1.85. The van der Waals surface area contributed by atoms with E-state index in [4.69, 9.17) is 13.3 Å². The van der Waals surface area contributed by atoms with Gasteiger partial charge in [-0.15, -0.1) is 0 Å². The molecule has 0 rings (SSSR count). The molecule has 3 nitrogen and oxygen atoms in total. The Morgan fingerprint density at radius 3 is 2.06 bits per heavy atom. The van der Waals surface area contributed by atoms with Crippen LogP contribution in [0.15, 0.2) is 0 Å². The molecule has 0 aliphatic carbocycles. The molecule has 0 bridgehead atoms. The molecule has 0 aliphatic heterocycles. The molecular formula is C14H32O3Si. The molecule has 1 atom stereocenters. The monoisotopic (exact) mass is 276 g/mol. The molecule has 0 saturated heterocycles. The molecule has 0 aliphatic rings. The number of unbranched alkanes of at least 4 members (excludes halogenated alkanes) is 3. The third-order valence-corrected chi connectivity index (χ3v) is 4.74. The van der Waals surface area contributed by atoms with E-state index in [1.165, 1.54) is 32.1 Å². The minimum atomic E-state index is -1.83. The lowest BCUT2D eigenvalue weighted by atomic mass is 10.00. The molecule has 0 aromatic carbocycles. The quantitative estimate of drug-likeness (QED) is 0.378. The lowest BCUT2D eigenvalue weighted by Gasteiger charge is -2.16. The van der Waals surface area contributed by atoms with Crippen LogP contribution in [0.4, 0.5) is 0 Å². The van der Waals surface area contributed by atoms with Gasteiger partial charge in [-0.25, -0.2) is 0 Å². The Morgan fingerprint density at radius 1 is 0.833 bits per heavy atom. The SMILES string of the molecule is CCCCCCC(C)CCO[SiH](OCC)OCC. The van der Waals surface area contributed by atoms with Crippen molar-refractivity contribution < 1.29 is 13.3 Å². The van der Waals surface area contributed by atoms with Crippen molar-refractivity contribution in [1.82, 2.24) is 0 Å². The van der Waals surface area contributed by atoms with Crippen LogP contribution in [0.1, 0.15) is 66.2 Å². The summed E-state index contributed by atoms with van der Waals surface area (Å²) >= 11 is 0. The molecule has 0 radical (unpaired) electrons. The van der Waals surface area contributed by atoms with Gasteiger partial charge in [-0.1, -0.05) is 46.0 Å². The Hall–Kier alpha value is 0.0969. The summed E-state index contributed by atoms with van der Waals surface area (Å²) in [6.07, 6.45) is 7.85. The van der Waals surface area contributed by atoms with Crippen molar-refractivity contribution in [1.29, 1.82) is 0 Å². The fraction of sp³-hybridized carbons (Fsp3) is 1.00. The van der Waals surface area contributed by atoms with Gasteiger partial charge >= 0.3 is 9.53 Å². The van der Waals surface area contributed by atoms with Crippen LogP contribution in [0.25, 0.3) is 0 Å². The van der Waals surface area contributed by atoms with Crippen LogP contribution in [-0.4, -0.2) is 29.3 Å². The summed E-state index contributed by atoms with van der Waals surface area (Å²) in [5, 5.41) is 0. The highest BCUT2D eigenvalue weighted by molar-refractivity contribution is 6.36. The molecule has 1 unspecified atom stereocenters. The van der Waals surface area contributed by atoms with E-state index >= 15 is 0 Å². The molecular weight excluding hydrogens is 244 g/mol. The molecule has 0 aromatic heterocycles. The van der Waals surface area contributed by atoms with Crippen LogP contribution in [0.3, 0.4) is 0 Å². The molecule has 0 spiro atoms. The first-order valence-electron chi connectivity index (χ1n) is 7.59. The first-order chi connectivity index (χ1) is 8.74. The van der Waals surface area contributed by atoms with Crippen LogP contribution >= 0.6 is 0 Å². The molecule has 0 heterocycles. The van der Waals surface area contributed by atoms with Gasteiger partial charge in [-0.2, -0.15) is 0 Å². The predicted molar refractivity (Wildman–Crippen MR) is 78.9 cm³/mol. The molecule has 0 saturated carbocycles. The zero-order valence-electron chi connectivity index (χ0n) is 12.7. The fourth-order valence-corrected chi connectivity index (χ4v) is 3.01. The van der Waals surface area contributed by atoms with Crippen molar-refractivity contribution in [3.05, 3.63) is 0 Å². The summed E-state index contributed by atoms with van der Waals surface area (Å²) in [6, 6.07) is 0. The van der Waals surface area contributed by atoms with Crippen LogP contribution in [0.2, 0.25) is 0 Å². The minimum absolute atomic E-state index is 0.684. The van der Waals surface area contributed by atoms with Gasteiger partial charge in [0.15, 0.2) is 0 Å². The van der Waals surface area contributed by atoms with Crippen molar-refractivity contribution in [2.24, 2.45) is 5.92 Å². The smallest absolute Gasteiger partial charge is 0.376 e. The van der Waals surface area contributed by atoms with Gasteiger partial charge in [0.2, 0.25) is 0 Å². The first kappa shape index (κ1) is 18.1. The lowest BCUT2D eigenvalue weighted by molar-refractivity contribution is 0.0968. The van der Waals surface area contributed by atoms with E-state index in [0.717, 1.165) is 18.9 Å². The number of rotatable bonds is 13. The molecule has 110 valence electrons. The third kappa shape index (κ3) is 11.2. The van der Waals surface area contributed by atoms with Crippen LogP contribution in [0.5, 0.6) is 0 Å². The van der Waals surface area contributed by atoms with Crippen molar-refractivity contribution >= 4 is 9.53 Å². The van der Waals surface area contributed by atoms with E-state index in [0.29, 0.717) is 13.2 Å². The Bertz CT molecular complexity index is 161. The first-order valence-corrected chi connectivity index (χ1v) is 9.00. The maximum Gasteiger partial charge on any atom is 0.484 e. The second-order valence-electron chi connectivity index (χ2n) is 4.81. The van der Waals surface area contributed by atoms with Gasteiger partial charge in [0, 0.05) is 19.8 Å². The average Bonchev–Trinajstić information content (AvgIpc) is 2.35. The summed E-state index contributed by atoms with van der Waals surface area (Å²) in [5.41, 5.74) is 0. The Morgan fingerprint density at radius 2 is 1.50 bits per heavy atom. The minimum Gasteiger partial charge on any atom is -0.376 e. The van der Waals surface area contributed by atoms with Gasteiger partial charge in [0.1, 0.15) is 0 Å². The van der Waals surface area contributed by atoms with E-state index in [-0.39, 0.29) is 0 Å². The third-order valence-electron chi connectivity index (χ3n) is 3.02. The van der Waals surface area contributed by atoms with Crippen molar-refractivity contribution in [2.75, 3.05) is 19.8 Å². The largest absolute Gasteiger partial charge is 0.484 e. The van der Waals surface area contributed by atoms with Gasteiger partial charge in [0.25, 0.3) is 0 Å². The average molecular weight is 276 g/mol. The van der Waals surface area contributed by atoms with Crippen LogP contribution < -0.4 is 0 Å². The second-order valence-corrected chi connectivity index (χ2v) is 6.39. The predicted octanol–water partition coefficient (Wildman–Crippen LogP) is 3.79. The lowest BCUT2D eigenvalue weighted by Crippen LogP contribution is -2.28. The van der Waals surface area contributed by atoms with Crippen molar-refractivity contribution in [3.63, 3.8) is 0 Å². The van der Waals surface area contributed by atoms with Crippen LogP contribution in [0, 0.1) is 5.92 Å². The standard InChI is InChI=1S/C14H32O3Si/c1-5-8-9-10-11-14(4)12-13-17-18(15-6-2)16-7-3/h14,18H,5-13H2,1-4H3. The Kier molecular flexibility index (Phi) is 13.6. The van der Waals surface area contributed by atoms with Crippen molar-refractivity contribution in [3.8, 4) is 0 Å². The maximum atomic E-state index is 5.72. The van der Waals surface area contributed by atoms with Crippen LogP contribution in [-0.2, 0) is 13.3 Å². The molecule has 0 N–H and O–H groups in total. The normalized spacial score (nSPS) is 13.2. The topological polar surface area (TPSA) is 27.7 Å². The number of hydrogen-bond donors (Lipinski definition) is 0. The molecule has 0 fully saturated rings. The van der Waals surface area contributed by atoms with E-state index in [1.807, 2.05) is 13.8 Å². The zero-order valence-corrected chi connectivity index (χ0v) is 13.9. The van der Waals surface area contributed by atoms with Crippen molar-refractivity contribution in [2.45, 2.75) is 66.2 Å². The maximum absolute atomic E-state index is 5.72. The Labute approximate surface area is 115 Å². The van der Waals surface area contributed by atoms with Gasteiger partial charge < -0.3 is 13.3 Å². The molecule has 18 heavy (non-hydrogen) atoms. The van der Waals surface area contributed by atoms with Gasteiger partial charge in [0.05, 0.1) is 0 Å². The van der Waals surface area contributed by atoms with E-state index in [2.05, 4.69) is 13.8 Å². The molecule has 0 aromatic rings. The van der Waals surface area contributed by atoms with Gasteiger partial charge in [-0.3, -0.25) is 0 Å². The second kappa shape index (κ2) is 13.5.